The predicted octanol–water partition coefficient (Wildman–Crippen LogP) is 1.94. The zero-order chi connectivity index (χ0) is 16.5. The monoisotopic (exact) mass is 398 g/mol. The number of halogens is 4. The van der Waals surface area contributed by atoms with Crippen LogP contribution in [-0.4, -0.2) is 0 Å². The Morgan fingerprint density at radius 3 is 2.23 bits per heavy atom. The SMILES string of the molecule is CCc1ccc2cc(C3CC3)[s+](C(F)(F)F)c2c1.[O-][Br+2]([O-])[O-]. The van der Waals surface area contributed by atoms with Gasteiger partial charge in [-0.25, -0.2) is 0 Å². The number of fused-ring (bicyclic) bond motifs is 1. The van der Waals surface area contributed by atoms with Gasteiger partial charge in [0.25, 0.3) is 0 Å². The summed E-state index contributed by atoms with van der Waals surface area (Å²) >= 11 is -3.65. The molecule has 0 radical (unpaired) electrons. The molecule has 1 fully saturated rings. The maximum Gasteiger partial charge on any atom is 0.600 e. The Morgan fingerprint density at radius 1 is 1.18 bits per heavy atom. The van der Waals surface area contributed by atoms with Gasteiger partial charge in [-0.05, 0) is 30.9 Å². The third kappa shape index (κ3) is 4.20. The molecule has 0 N–H and O–H groups in total. The molecule has 22 heavy (non-hydrogen) atoms. The molecule has 1 heterocycles. The van der Waals surface area contributed by atoms with Crippen molar-refractivity contribution in [3.63, 3.8) is 0 Å². The first kappa shape index (κ1) is 17.7. The van der Waals surface area contributed by atoms with Gasteiger partial charge in [0.1, 0.15) is 0 Å². The fourth-order valence-electron chi connectivity index (χ4n) is 2.34. The molecule has 8 heteroatoms. The Bertz CT molecular complexity index is 648. The van der Waals surface area contributed by atoms with Gasteiger partial charge in [0, 0.05) is 23.4 Å². The third-order valence-electron chi connectivity index (χ3n) is 3.45. The molecule has 0 bridgehead atoms. The van der Waals surface area contributed by atoms with Crippen molar-refractivity contribution in [3.05, 3.63) is 34.7 Å². The van der Waals surface area contributed by atoms with Gasteiger partial charge in [-0.2, -0.15) is 0 Å². The minimum Gasteiger partial charge on any atom is -0.405 e. The standard InChI is InChI=1S/C14H14F3S.BrO3/c1-2-9-3-4-11-8-13(10-5-6-10)18(12(11)7-9)14(15,16)17;2-1(3)4/h3-4,7-8,10H,2,5-6H2,1H3;/q+1;-1. The maximum atomic E-state index is 13.3. The lowest BCUT2D eigenvalue weighted by molar-refractivity contribution is -1.73. The van der Waals surface area contributed by atoms with Gasteiger partial charge in [0.05, 0.1) is 10.5 Å². The van der Waals surface area contributed by atoms with Crippen molar-refractivity contribution < 1.29 is 40.6 Å². The molecule has 3 rings (SSSR count). The number of hydrogen-bond donors (Lipinski definition) is 0. The molecule has 0 amide bonds. The first-order valence-corrected chi connectivity index (χ1v) is 9.79. The summed E-state index contributed by atoms with van der Waals surface area (Å²) in [6, 6.07) is 7.30. The summed E-state index contributed by atoms with van der Waals surface area (Å²) in [7, 11) is -1.68. The fourth-order valence-corrected chi connectivity index (χ4v) is 4.56. The summed E-state index contributed by atoms with van der Waals surface area (Å²) in [4.78, 5) is 0.616. The molecule has 0 spiro atoms. The molecule has 3 nitrogen and oxygen atoms in total. The molecule has 1 aromatic heterocycles. The molecule has 1 aromatic carbocycles. The van der Waals surface area contributed by atoms with Crippen LogP contribution in [0.2, 0.25) is 0 Å². The highest BCUT2D eigenvalue weighted by Crippen LogP contribution is 2.57. The van der Waals surface area contributed by atoms with E-state index in [0.29, 0.717) is 9.58 Å². The van der Waals surface area contributed by atoms with Crippen LogP contribution in [0, 0.1) is 14.8 Å². The Labute approximate surface area is 133 Å². The summed E-state index contributed by atoms with van der Waals surface area (Å²) in [5, 5.41) is 0.773. The van der Waals surface area contributed by atoms with E-state index >= 15 is 0 Å². The highest BCUT2D eigenvalue weighted by Gasteiger charge is 2.51. The third-order valence-corrected chi connectivity index (χ3v) is 5.63. The number of thiophene rings is 1. The van der Waals surface area contributed by atoms with Gasteiger partial charge in [0.15, 0.2) is 9.58 Å². The predicted molar refractivity (Wildman–Crippen MR) is 69.1 cm³/mol. The Hall–Kier alpha value is -0.670. The van der Waals surface area contributed by atoms with E-state index in [0.717, 1.165) is 30.2 Å². The second-order valence-corrected chi connectivity index (χ2v) is 7.77. The second kappa shape index (κ2) is 6.84. The van der Waals surface area contributed by atoms with Crippen LogP contribution in [0.5, 0.6) is 0 Å². The molecule has 0 aliphatic heterocycles. The van der Waals surface area contributed by atoms with E-state index < -0.39 is 30.8 Å². The zero-order valence-corrected chi connectivity index (χ0v) is 14.1. The van der Waals surface area contributed by atoms with E-state index in [1.54, 1.807) is 12.1 Å². The summed E-state index contributed by atoms with van der Waals surface area (Å²) in [5.74, 6) is 0.174. The molecule has 0 saturated heterocycles. The van der Waals surface area contributed by atoms with Crippen LogP contribution >= 0.6 is 10.5 Å². The van der Waals surface area contributed by atoms with Crippen LogP contribution < -0.4 is 12.6 Å². The minimum absolute atomic E-state index is 0.174. The quantitative estimate of drug-likeness (QED) is 0.725. The van der Waals surface area contributed by atoms with Crippen LogP contribution in [0.3, 0.4) is 0 Å². The summed E-state index contributed by atoms with van der Waals surface area (Å²) in [6.07, 6.45) is 2.61. The van der Waals surface area contributed by atoms with Crippen molar-refractivity contribution in [2.24, 2.45) is 0 Å². The lowest BCUT2D eigenvalue weighted by Crippen LogP contribution is -2.42. The van der Waals surface area contributed by atoms with Crippen molar-refractivity contribution in [3.8, 4) is 0 Å². The van der Waals surface area contributed by atoms with Crippen LogP contribution in [0.15, 0.2) is 24.3 Å². The van der Waals surface area contributed by atoms with E-state index in [1.807, 2.05) is 19.1 Å². The fraction of sp³-hybridized carbons (Fsp3) is 0.429. The molecule has 1 atom stereocenters. The number of aryl methyl sites for hydroxylation is 1. The molecular formula is C14H14BrF3O3S. The molecule has 1 saturated carbocycles. The maximum absolute atomic E-state index is 13.3. The largest absolute Gasteiger partial charge is 0.600 e. The second-order valence-electron chi connectivity index (χ2n) is 4.99. The minimum atomic E-state index is -4.13. The van der Waals surface area contributed by atoms with Gasteiger partial charge >= 0.3 is 5.51 Å². The van der Waals surface area contributed by atoms with Crippen LogP contribution in [0.1, 0.15) is 36.1 Å². The molecule has 1 aliphatic rings. The molecule has 2 aromatic rings. The lowest BCUT2D eigenvalue weighted by atomic mass is 10.1. The van der Waals surface area contributed by atoms with Crippen molar-refractivity contribution in [1.29, 1.82) is 0 Å². The summed E-state index contributed by atoms with van der Waals surface area (Å²) in [5.41, 5.74) is -3.15. The number of hydrogen-bond acceptors (Lipinski definition) is 3. The Kier molecular flexibility index (Phi) is 5.50. The molecule has 1 unspecified atom stereocenters. The number of alkyl halides is 3. The summed E-state index contributed by atoms with van der Waals surface area (Å²) in [6.45, 7) is 1.97. The van der Waals surface area contributed by atoms with Crippen molar-refractivity contribution in [2.45, 2.75) is 37.6 Å². The van der Waals surface area contributed by atoms with Gasteiger partial charge in [-0.15, -0.1) is 13.2 Å². The van der Waals surface area contributed by atoms with E-state index in [4.69, 9.17) is 12.6 Å². The van der Waals surface area contributed by atoms with Crippen LogP contribution in [-0.2, 0) is 11.9 Å². The Balaban J connectivity index is 0.000000396. The topological polar surface area (TPSA) is 69.2 Å². The average Bonchev–Trinajstić information content (AvgIpc) is 3.16. The van der Waals surface area contributed by atoms with E-state index in [2.05, 4.69) is 0 Å². The highest BCUT2D eigenvalue weighted by molar-refractivity contribution is 7.38. The van der Waals surface area contributed by atoms with Gasteiger partial charge in [-0.1, -0.05) is 13.0 Å². The first-order chi connectivity index (χ1) is 10.2. The van der Waals surface area contributed by atoms with E-state index in [1.165, 1.54) is 0 Å². The van der Waals surface area contributed by atoms with Gasteiger partial charge in [0.2, 0.25) is 14.8 Å². The first-order valence-electron chi connectivity index (χ1n) is 6.62. The Morgan fingerprint density at radius 2 is 1.77 bits per heavy atom. The smallest absolute Gasteiger partial charge is 0.405 e. The number of rotatable bonds is 2. The molecule has 122 valence electrons. The van der Waals surface area contributed by atoms with E-state index in [-0.39, 0.29) is 5.92 Å². The van der Waals surface area contributed by atoms with Gasteiger partial charge in [-0.3, -0.25) is 0 Å². The van der Waals surface area contributed by atoms with E-state index in [9.17, 15) is 13.2 Å². The van der Waals surface area contributed by atoms with Crippen molar-refractivity contribution >= 4 is 20.6 Å². The summed E-state index contributed by atoms with van der Waals surface area (Å²) < 4.78 is 65.9. The number of benzene rings is 1. The molecular weight excluding hydrogens is 385 g/mol. The van der Waals surface area contributed by atoms with Crippen molar-refractivity contribution in [2.75, 3.05) is 0 Å². The van der Waals surface area contributed by atoms with Crippen LogP contribution in [0.4, 0.5) is 13.2 Å². The van der Waals surface area contributed by atoms with Crippen molar-refractivity contribution in [1.82, 2.24) is 0 Å². The van der Waals surface area contributed by atoms with Gasteiger partial charge < -0.3 is 12.6 Å². The normalized spacial score (nSPS) is 15.9. The molecule has 1 aliphatic carbocycles. The highest BCUT2D eigenvalue weighted by atomic mass is 80.0. The van der Waals surface area contributed by atoms with Crippen LogP contribution in [0.25, 0.3) is 10.1 Å². The average molecular weight is 399 g/mol. The zero-order valence-electron chi connectivity index (χ0n) is 11.7. The lowest BCUT2D eigenvalue weighted by Gasteiger charge is -2.00.